The fourth-order valence-electron chi connectivity index (χ4n) is 4.50. The van der Waals surface area contributed by atoms with Crippen LogP contribution >= 0.6 is 23.2 Å². The monoisotopic (exact) mass is 579 g/mol. The van der Waals surface area contributed by atoms with Gasteiger partial charge in [0.05, 0.1) is 36.5 Å². The zero-order valence-electron chi connectivity index (χ0n) is 22.1. The van der Waals surface area contributed by atoms with E-state index >= 15 is 0 Å². The Morgan fingerprint density at radius 3 is 2.11 bits per heavy atom. The van der Waals surface area contributed by atoms with Gasteiger partial charge in [0.1, 0.15) is 17.3 Å². The molecule has 210 valence electrons. The maximum atomic E-state index is 12.9. The van der Waals surface area contributed by atoms with Gasteiger partial charge in [-0.2, -0.15) is 4.31 Å². The lowest BCUT2D eigenvalue weighted by Gasteiger charge is -2.34. The van der Waals surface area contributed by atoms with Gasteiger partial charge in [-0.15, -0.1) is 0 Å². The third-order valence-corrected chi connectivity index (χ3v) is 9.98. The Hall–Kier alpha value is -1.14. The summed E-state index contributed by atoms with van der Waals surface area (Å²) in [6, 6.07) is 3.70. The van der Waals surface area contributed by atoms with Crippen LogP contribution in [0.3, 0.4) is 0 Å². The van der Waals surface area contributed by atoms with Gasteiger partial charge >= 0.3 is 0 Å². The van der Waals surface area contributed by atoms with Gasteiger partial charge in [0, 0.05) is 51.4 Å². The zero-order valence-corrected chi connectivity index (χ0v) is 24.4. The summed E-state index contributed by atoms with van der Waals surface area (Å²) in [6.07, 6.45) is 6.54. The lowest BCUT2D eigenvalue weighted by atomic mass is 9.92. The van der Waals surface area contributed by atoms with Crippen molar-refractivity contribution in [2.45, 2.75) is 61.6 Å². The molecule has 2 aliphatic rings. The third-order valence-electron chi connectivity index (χ3n) is 7.20. The number of amides is 1. The van der Waals surface area contributed by atoms with Gasteiger partial charge in [0.2, 0.25) is 15.9 Å². The highest BCUT2D eigenvalue weighted by Gasteiger charge is 2.29. The van der Waals surface area contributed by atoms with E-state index in [0.29, 0.717) is 5.75 Å². The van der Waals surface area contributed by atoms with E-state index in [2.05, 4.69) is 11.9 Å². The standard InChI is InChI=1S/C25H39Cl2N3O6S/c1-28(18-5-6-18)11-14-36-20-9-7-19(8-10-20)30(3)24(31)17-35-13-12-29(2)37(32,33)25-22(26)15-21(34-4)16-23(25)27/h15-16,18-20H,5-14,17H2,1-4H3. The van der Waals surface area contributed by atoms with E-state index in [9.17, 15) is 13.2 Å². The molecule has 0 spiro atoms. The molecule has 37 heavy (non-hydrogen) atoms. The Morgan fingerprint density at radius 2 is 1.54 bits per heavy atom. The van der Waals surface area contributed by atoms with Crippen molar-refractivity contribution < 1.29 is 27.4 Å². The van der Waals surface area contributed by atoms with Crippen molar-refractivity contribution >= 4 is 39.1 Å². The van der Waals surface area contributed by atoms with E-state index in [1.165, 1.54) is 39.1 Å². The van der Waals surface area contributed by atoms with Crippen LogP contribution in [0.4, 0.5) is 0 Å². The summed E-state index contributed by atoms with van der Waals surface area (Å²) in [4.78, 5) is 16.6. The molecular weight excluding hydrogens is 541 g/mol. The van der Waals surface area contributed by atoms with Gasteiger partial charge < -0.3 is 24.0 Å². The number of benzene rings is 1. The summed E-state index contributed by atoms with van der Waals surface area (Å²) in [7, 11) is 2.85. The highest BCUT2D eigenvalue weighted by molar-refractivity contribution is 7.89. The van der Waals surface area contributed by atoms with Crippen LogP contribution < -0.4 is 4.74 Å². The summed E-state index contributed by atoms with van der Waals surface area (Å²) in [5.74, 6) is 0.238. The molecule has 0 saturated heterocycles. The number of hydrogen-bond donors (Lipinski definition) is 0. The van der Waals surface area contributed by atoms with E-state index in [1.54, 1.807) is 11.9 Å². The number of sulfonamides is 1. The summed E-state index contributed by atoms with van der Waals surface area (Å²) >= 11 is 12.3. The molecule has 2 fully saturated rings. The number of nitrogens with zero attached hydrogens (tertiary/aromatic N) is 3. The van der Waals surface area contributed by atoms with E-state index in [1.807, 2.05) is 0 Å². The predicted octanol–water partition coefficient (Wildman–Crippen LogP) is 3.52. The topological polar surface area (TPSA) is 88.6 Å². The number of methoxy groups -OCH3 is 1. The molecule has 2 aliphatic carbocycles. The predicted molar refractivity (Wildman–Crippen MR) is 144 cm³/mol. The minimum absolute atomic E-state index is 0.0281. The van der Waals surface area contributed by atoms with Crippen molar-refractivity contribution in [3.05, 3.63) is 22.2 Å². The molecule has 1 amide bonds. The van der Waals surface area contributed by atoms with Crippen molar-refractivity contribution in [1.29, 1.82) is 0 Å². The highest BCUT2D eigenvalue weighted by Crippen LogP contribution is 2.35. The van der Waals surface area contributed by atoms with Crippen LogP contribution in [0, 0.1) is 0 Å². The Bertz CT molecular complexity index is 993. The second kappa shape index (κ2) is 13.8. The summed E-state index contributed by atoms with van der Waals surface area (Å²) in [5.41, 5.74) is 0. The first-order valence-electron chi connectivity index (χ1n) is 12.7. The molecule has 2 saturated carbocycles. The average molecular weight is 581 g/mol. The Balaban J connectivity index is 1.36. The molecule has 0 unspecified atom stereocenters. The lowest BCUT2D eigenvalue weighted by Crippen LogP contribution is -2.42. The Labute approximate surface area is 231 Å². The first kappa shape index (κ1) is 30.4. The van der Waals surface area contributed by atoms with Crippen LogP contribution in [0.15, 0.2) is 17.0 Å². The van der Waals surface area contributed by atoms with E-state index in [0.717, 1.165) is 49.2 Å². The van der Waals surface area contributed by atoms with Crippen LogP contribution in [0.1, 0.15) is 38.5 Å². The van der Waals surface area contributed by atoms with E-state index < -0.39 is 10.0 Å². The second-order valence-electron chi connectivity index (χ2n) is 9.82. The van der Waals surface area contributed by atoms with Crippen molar-refractivity contribution in [3.63, 3.8) is 0 Å². The number of ether oxygens (including phenoxy) is 3. The third kappa shape index (κ3) is 8.42. The van der Waals surface area contributed by atoms with Crippen LogP contribution in [-0.2, 0) is 24.3 Å². The maximum absolute atomic E-state index is 12.9. The van der Waals surface area contributed by atoms with Crippen LogP contribution in [-0.4, -0.2) is 108 Å². The van der Waals surface area contributed by atoms with Crippen molar-refractivity contribution in [2.24, 2.45) is 0 Å². The zero-order chi connectivity index (χ0) is 27.2. The van der Waals surface area contributed by atoms with Crippen molar-refractivity contribution in [1.82, 2.24) is 14.1 Å². The Morgan fingerprint density at radius 1 is 0.946 bits per heavy atom. The maximum Gasteiger partial charge on any atom is 0.248 e. The fourth-order valence-corrected chi connectivity index (χ4v) is 6.78. The van der Waals surface area contributed by atoms with E-state index in [4.69, 9.17) is 37.4 Å². The average Bonchev–Trinajstić information content (AvgIpc) is 3.71. The number of hydrogen-bond acceptors (Lipinski definition) is 7. The first-order valence-corrected chi connectivity index (χ1v) is 14.9. The minimum atomic E-state index is -3.95. The van der Waals surface area contributed by atoms with Gasteiger partial charge in [0.25, 0.3) is 0 Å². The molecule has 1 aromatic rings. The van der Waals surface area contributed by atoms with Gasteiger partial charge in [-0.05, 0) is 45.6 Å². The molecule has 0 aromatic heterocycles. The summed E-state index contributed by atoms with van der Waals surface area (Å²) in [5, 5.41) is -0.0562. The molecule has 0 heterocycles. The molecule has 3 rings (SSSR count). The molecule has 0 atom stereocenters. The number of carbonyl (C=O) groups excluding carboxylic acids is 1. The molecule has 1 aromatic carbocycles. The molecule has 0 aliphatic heterocycles. The minimum Gasteiger partial charge on any atom is -0.497 e. The van der Waals surface area contributed by atoms with Gasteiger partial charge in [-0.3, -0.25) is 4.79 Å². The van der Waals surface area contributed by atoms with Crippen molar-refractivity contribution in [2.75, 3.05) is 61.2 Å². The van der Waals surface area contributed by atoms with Gasteiger partial charge in [-0.1, -0.05) is 23.2 Å². The number of likely N-dealkylation sites (N-methyl/N-ethyl adjacent to an activating group) is 3. The molecule has 0 radical (unpaired) electrons. The SMILES string of the molecule is COc1cc(Cl)c(S(=O)(=O)N(C)CCOCC(=O)N(C)C2CCC(OCCN(C)C3CC3)CC2)c(Cl)c1. The normalized spacial score (nSPS) is 20.4. The summed E-state index contributed by atoms with van der Waals surface area (Å²) in [6.45, 7) is 1.70. The first-order chi connectivity index (χ1) is 17.5. The summed E-state index contributed by atoms with van der Waals surface area (Å²) < 4.78 is 43.6. The molecule has 0 N–H and O–H groups in total. The van der Waals surface area contributed by atoms with Crippen molar-refractivity contribution in [3.8, 4) is 5.75 Å². The number of carbonyl (C=O) groups is 1. The lowest BCUT2D eigenvalue weighted by molar-refractivity contribution is -0.138. The second-order valence-corrected chi connectivity index (χ2v) is 12.6. The van der Waals surface area contributed by atoms with Gasteiger partial charge in [0.15, 0.2) is 0 Å². The number of halogens is 2. The van der Waals surface area contributed by atoms with Crippen LogP contribution in [0.2, 0.25) is 10.0 Å². The van der Waals surface area contributed by atoms with E-state index in [-0.39, 0.29) is 52.8 Å². The smallest absolute Gasteiger partial charge is 0.248 e. The molecule has 9 nitrogen and oxygen atoms in total. The van der Waals surface area contributed by atoms with Crippen LogP contribution in [0.5, 0.6) is 5.75 Å². The molecule has 0 bridgehead atoms. The highest BCUT2D eigenvalue weighted by atomic mass is 35.5. The fraction of sp³-hybridized carbons (Fsp3) is 0.720. The quantitative estimate of drug-likeness (QED) is 0.311. The van der Waals surface area contributed by atoms with Crippen LogP contribution in [0.25, 0.3) is 0 Å². The number of rotatable bonds is 14. The molecule has 12 heteroatoms. The largest absolute Gasteiger partial charge is 0.497 e. The Kier molecular flexibility index (Phi) is 11.3. The molecular formula is C25H39Cl2N3O6S. The van der Waals surface area contributed by atoms with Gasteiger partial charge in [-0.25, -0.2) is 8.42 Å².